The Labute approximate surface area is 141 Å². The van der Waals surface area contributed by atoms with Crippen molar-refractivity contribution in [3.8, 4) is 0 Å². The summed E-state index contributed by atoms with van der Waals surface area (Å²) in [5, 5.41) is 11.5. The molecule has 0 radical (unpaired) electrons. The highest BCUT2D eigenvalue weighted by Gasteiger charge is 2.17. The van der Waals surface area contributed by atoms with E-state index < -0.39 is 0 Å². The molecule has 1 unspecified atom stereocenters. The maximum atomic E-state index is 12.4. The Hall–Kier alpha value is -2.89. The molecule has 6 heteroatoms. The molecule has 0 aliphatic rings. The SMILES string of the molecule is Cc1ccccc1Cn1ccc(NC(=O)C(C)n2nccc2C)n1. The second kappa shape index (κ2) is 6.70. The maximum absolute atomic E-state index is 12.4. The number of aromatic nitrogens is 4. The first-order valence-corrected chi connectivity index (χ1v) is 7.93. The lowest BCUT2D eigenvalue weighted by molar-refractivity contribution is -0.119. The van der Waals surface area contributed by atoms with Gasteiger partial charge < -0.3 is 5.32 Å². The van der Waals surface area contributed by atoms with Gasteiger partial charge in [-0.15, -0.1) is 0 Å². The molecule has 0 saturated heterocycles. The summed E-state index contributed by atoms with van der Waals surface area (Å²) in [7, 11) is 0. The molecule has 0 bridgehead atoms. The lowest BCUT2D eigenvalue weighted by Gasteiger charge is -2.13. The summed E-state index contributed by atoms with van der Waals surface area (Å²) in [4.78, 5) is 12.4. The van der Waals surface area contributed by atoms with E-state index in [1.54, 1.807) is 16.9 Å². The van der Waals surface area contributed by atoms with Crippen molar-refractivity contribution in [2.24, 2.45) is 0 Å². The fourth-order valence-corrected chi connectivity index (χ4v) is 2.61. The van der Waals surface area contributed by atoms with Crippen molar-refractivity contribution >= 4 is 11.7 Å². The lowest BCUT2D eigenvalue weighted by Crippen LogP contribution is -2.25. The van der Waals surface area contributed by atoms with Crippen molar-refractivity contribution in [2.75, 3.05) is 5.32 Å². The van der Waals surface area contributed by atoms with Crippen molar-refractivity contribution in [1.29, 1.82) is 0 Å². The number of anilines is 1. The van der Waals surface area contributed by atoms with Gasteiger partial charge in [-0.25, -0.2) is 0 Å². The monoisotopic (exact) mass is 323 g/mol. The van der Waals surface area contributed by atoms with Gasteiger partial charge in [-0.3, -0.25) is 14.2 Å². The molecule has 0 aliphatic carbocycles. The normalized spacial score (nSPS) is 12.1. The van der Waals surface area contributed by atoms with Crippen LogP contribution < -0.4 is 5.32 Å². The van der Waals surface area contributed by atoms with Crippen molar-refractivity contribution in [1.82, 2.24) is 19.6 Å². The second-order valence-electron chi connectivity index (χ2n) is 5.91. The molecule has 1 amide bonds. The van der Waals surface area contributed by atoms with Crippen LogP contribution in [-0.2, 0) is 11.3 Å². The van der Waals surface area contributed by atoms with Crippen LogP contribution in [0.3, 0.4) is 0 Å². The highest BCUT2D eigenvalue weighted by Crippen LogP contribution is 2.13. The number of nitrogens with one attached hydrogen (secondary N) is 1. The summed E-state index contributed by atoms with van der Waals surface area (Å²) >= 11 is 0. The molecule has 6 nitrogen and oxygen atoms in total. The number of benzene rings is 1. The molecule has 0 fully saturated rings. The minimum atomic E-state index is -0.387. The van der Waals surface area contributed by atoms with E-state index in [4.69, 9.17) is 0 Å². The highest BCUT2D eigenvalue weighted by atomic mass is 16.2. The Morgan fingerprint density at radius 2 is 2.00 bits per heavy atom. The Morgan fingerprint density at radius 3 is 2.71 bits per heavy atom. The van der Waals surface area contributed by atoms with Crippen LogP contribution in [-0.4, -0.2) is 25.5 Å². The van der Waals surface area contributed by atoms with Crippen LogP contribution in [0.1, 0.15) is 29.8 Å². The van der Waals surface area contributed by atoms with Gasteiger partial charge in [0.1, 0.15) is 6.04 Å². The third kappa shape index (κ3) is 3.37. The van der Waals surface area contributed by atoms with Gasteiger partial charge in [0.25, 0.3) is 0 Å². The zero-order valence-corrected chi connectivity index (χ0v) is 14.1. The van der Waals surface area contributed by atoms with E-state index >= 15 is 0 Å². The number of amides is 1. The van der Waals surface area contributed by atoms with E-state index in [1.165, 1.54) is 11.1 Å². The summed E-state index contributed by atoms with van der Waals surface area (Å²) in [6.45, 7) is 6.50. The molecule has 2 heterocycles. The Kier molecular flexibility index (Phi) is 4.46. The zero-order chi connectivity index (χ0) is 17.1. The molecule has 1 atom stereocenters. The average Bonchev–Trinajstić information content (AvgIpc) is 3.18. The maximum Gasteiger partial charge on any atom is 0.250 e. The number of carbonyl (C=O) groups is 1. The Bertz CT molecular complexity index is 848. The predicted molar refractivity (Wildman–Crippen MR) is 92.8 cm³/mol. The van der Waals surface area contributed by atoms with E-state index in [9.17, 15) is 4.79 Å². The Morgan fingerprint density at radius 1 is 1.21 bits per heavy atom. The highest BCUT2D eigenvalue weighted by molar-refractivity contribution is 5.92. The Balaban J connectivity index is 1.67. The fourth-order valence-electron chi connectivity index (χ4n) is 2.61. The molecule has 3 aromatic rings. The third-order valence-electron chi connectivity index (χ3n) is 4.10. The van der Waals surface area contributed by atoms with Crippen molar-refractivity contribution in [3.05, 3.63) is 65.6 Å². The molecule has 1 N–H and O–H groups in total. The summed E-state index contributed by atoms with van der Waals surface area (Å²) < 4.78 is 3.52. The van der Waals surface area contributed by atoms with Gasteiger partial charge in [0.05, 0.1) is 6.54 Å². The predicted octanol–water partition coefficient (Wildman–Crippen LogP) is 2.94. The first-order chi connectivity index (χ1) is 11.5. The minimum Gasteiger partial charge on any atom is -0.307 e. The largest absolute Gasteiger partial charge is 0.307 e. The first-order valence-electron chi connectivity index (χ1n) is 7.93. The van der Waals surface area contributed by atoms with Crippen LogP contribution in [0, 0.1) is 13.8 Å². The molecule has 0 spiro atoms. The second-order valence-corrected chi connectivity index (χ2v) is 5.91. The minimum absolute atomic E-state index is 0.136. The van der Waals surface area contributed by atoms with Crippen molar-refractivity contribution < 1.29 is 4.79 Å². The molecule has 3 rings (SSSR count). The van der Waals surface area contributed by atoms with Gasteiger partial charge in [-0.05, 0) is 38.0 Å². The molecular formula is C18H21N5O. The van der Waals surface area contributed by atoms with Gasteiger partial charge in [0.2, 0.25) is 5.91 Å². The molecule has 2 aromatic heterocycles. The number of nitrogens with zero attached hydrogens (tertiary/aromatic N) is 4. The number of aryl methyl sites for hydroxylation is 2. The van der Waals surface area contributed by atoms with E-state index in [0.717, 1.165) is 5.69 Å². The van der Waals surface area contributed by atoms with Crippen LogP contribution in [0.2, 0.25) is 0 Å². The van der Waals surface area contributed by atoms with E-state index in [-0.39, 0.29) is 11.9 Å². The summed E-state index contributed by atoms with van der Waals surface area (Å²) in [5.74, 6) is 0.410. The molecule has 24 heavy (non-hydrogen) atoms. The smallest absolute Gasteiger partial charge is 0.250 e. The van der Waals surface area contributed by atoms with Crippen molar-refractivity contribution in [3.63, 3.8) is 0 Å². The van der Waals surface area contributed by atoms with Crippen LogP contribution >= 0.6 is 0 Å². The van der Waals surface area contributed by atoms with E-state index in [1.807, 2.05) is 42.9 Å². The topological polar surface area (TPSA) is 64.7 Å². The van der Waals surface area contributed by atoms with Crippen molar-refractivity contribution in [2.45, 2.75) is 33.4 Å². The van der Waals surface area contributed by atoms with Crippen LogP contribution in [0.15, 0.2) is 48.8 Å². The van der Waals surface area contributed by atoms with Gasteiger partial charge in [0, 0.05) is 24.2 Å². The van der Waals surface area contributed by atoms with E-state index in [2.05, 4.69) is 34.6 Å². The first kappa shape index (κ1) is 16.0. The van der Waals surface area contributed by atoms with E-state index in [0.29, 0.717) is 12.4 Å². The standard InChI is InChI=1S/C18H21N5O/c1-13-6-4-5-7-16(13)12-22-11-9-17(21-22)20-18(24)15(3)23-14(2)8-10-19-23/h4-11,15H,12H2,1-3H3,(H,20,21,24). The third-order valence-corrected chi connectivity index (χ3v) is 4.10. The van der Waals surface area contributed by atoms with Crippen LogP contribution in [0.4, 0.5) is 5.82 Å². The van der Waals surface area contributed by atoms with Gasteiger partial charge >= 0.3 is 0 Å². The quantitative estimate of drug-likeness (QED) is 0.785. The summed E-state index contributed by atoms with van der Waals surface area (Å²) in [5.41, 5.74) is 3.38. The lowest BCUT2D eigenvalue weighted by atomic mass is 10.1. The number of hydrogen-bond acceptors (Lipinski definition) is 3. The number of hydrogen-bond donors (Lipinski definition) is 1. The van der Waals surface area contributed by atoms with Gasteiger partial charge in [-0.1, -0.05) is 24.3 Å². The zero-order valence-electron chi connectivity index (χ0n) is 14.1. The molecule has 0 aliphatic heterocycles. The molecule has 124 valence electrons. The number of carbonyl (C=O) groups excluding carboxylic acids is 1. The fraction of sp³-hybridized carbons (Fsp3) is 0.278. The summed E-state index contributed by atoms with van der Waals surface area (Å²) in [6, 6.07) is 11.5. The summed E-state index contributed by atoms with van der Waals surface area (Å²) in [6.07, 6.45) is 3.56. The molecule has 1 aromatic carbocycles. The van der Waals surface area contributed by atoms with Gasteiger partial charge in [-0.2, -0.15) is 10.2 Å². The van der Waals surface area contributed by atoms with Crippen LogP contribution in [0.5, 0.6) is 0 Å². The van der Waals surface area contributed by atoms with Crippen LogP contribution in [0.25, 0.3) is 0 Å². The average molecular weight is 323 g/mol. The number of rotatable bonds is 5. The van der Waals surface area contributed by atoms with Gasteiger partial charge in [0.15, 0.2) is 5.82 Å². The molecule has 0 saturated carbocycles. The molecular weight excluding hydrogens is 302 g/mol.